The molecular weight excluding hydrogens is 282 g/mol. The fourth-order valence-electron chi connectivity index (χ4n) is 2.85. The van der Waals surface area contributed by atoms with Crippen molar-refractivity contribution in [3.8, 4) is 0 Å². The van der Waals surface area contributed by atoms with Crippen LogP contribution in [0.4, 0.5) is 4.39 Å². The van der Waals surface area contributed by atoms with Gasteiger partial charge in [-0.25, -0.2) is 4.39 Å². The van der Waals surface area contributed by atoms with E-state index in [1.807, 2.05) is 12.1 Å². The maximum atomic E-state index is 14.1. The van der Waals surface area contributed by atoms with E-state index in [1.165, 1.54) is 6.07 Å². The molecule has 0 radical (unpaired) electrons. The molecule has 0 N–H and O–H groups in total. The van der Waals surface area contributed by atoms with Crippen LogP contribution in [0.25, 0.3) is 0 Å². The fourth-order valence-corrected chi connectivity index (χ4v) is 3.64. The van der Waals surface area contributed by atoms with Crippen LogP contribution in [0.3, 0.4) is 0 Å². The van der Waals surface area contributed by atoms with Crippen LogP contribution in [-0.2, 0) is 5.41 Å². The zero-order valence-electron chi connectivity index (χ0n) is 11.9. The molecule has 0 spiro atoms. The number of alkyl halides is 2. The average molecular weight is 305 g/mol. The summed E-state index contributed by atoms with van der Waals surface area (Å²) in [6, 6.07) is 6.83. The first-order valence-corrected chi connectivity index (χ1v) is 7.89. The smallest absolute Gasteiger partial charge is 0.127 e. The lowest BCUT2D eigenvalue weighted by Gasteiger charge is -2.33. The highest BCUT2D eigenvalue weighted by molar-refractivity contribution is 6.22. The Labute approximate surface area is 126 Å². The zero-order valence-corrected chi connectivity index (χ0v) is 13.4. The summed E-state index contributed by atoms with van der Waals surface area (Å²) >= 11 is 12.3. The van der Waals surface area contributed by atoms with Crippen molar-refractivity contribution < 1.29 is 4.39 Å². The minimum atomic E-state index is -0.469. The van der Waals surface area contributed by atoms with Gasteiger partial charge in [0, 0.05) is 17.2 Å². The van der Waals surface area contributed by atoms with Gasteiger partial charge in [0.05, 0.1) is 0 Å². The molecule has 1 aromatic carbocycles. The molecule has 0 aliphatic heterocycles. The van der Waals surface area contributed by atoms with E-state index in [1.54, 1.807) is 6.07 Å². The first kappa shape index (κ1) is 16.8. The molecule has 0 fully saturated rings. The van der Waals surface area contributed by atoms with Crippen molar-refractivity contribution >= 4 is 23.2 Å². The Morgan fingerprint density at radius 3 is 2.16 bits per heavy atom. The number of hydrogen-bond donors (Lipinski definition) is 0. The third-order valence-corrected chi connectivity index (χ3v) is 4.59. The molecule has 0 saturated carbocycles. The molecular formula is C16H23Cl2F. The number of rotatable bonds is 7. The van der Waals surface area contributed by atoms with Gasteiger partial charge in [-0.1, -0.05) is 39.0 Å². The topological polar surface area (TPSA) is 0 Å². The average Bonchev–Trinajstić information content (AvgIpc) is 2.36. The summed E-state index contributed by atoms with van der Waals surface area (Å²) in [5.74, 6) is 1.58. The highest BCUT2D eigenvalue weighted by atomic mass is 35.5. The molecule has 108 valence electrons. The van der Waals surface area contributed by atoms with Crippen molar-refractivity contribution in [1.29, 1.82) is 0 Å². The summed E-state index contributed by atoms with van der Waals surface area (Å²) in [7, 11) is 0. The largest absolute Gasteiger partial charge is 0.207 e. The Morgan fingerprint density at radius 2 is 1.68 bits per heavy atom. The minimum Gasteiger partial charge on any atom is -0.207 e. The summed E-state index contributed by atoms with van der Waals surface area (Å²) in [5, 5.41) is 0. The van der Waals surface area contributed by atoms with Gasteiger partial charge in [0.15, 0.2) is 0 Å². The van der Waals surface area contributed by atoms with Crippen LogP contribution in [-0.4, -0.2) is 11.8 Å². The second kappa shape index (κ2) is 7.50. The van der Waals surface area contributed by atoms with Gasteiger partial charge < -0.3 is 0 Å². The molecule has 0 amide bonds. The van der Waals surface area contributed by atoms with Gasteiger partial charge in [-0.15, -0.1) is 23.2 Å². The molecule has 0 saturated heterocycles. The van der Waals surface area contributed by atoms with Crippen LogP contribution >= 0.6 is 23.2 Å². The van der Waals surface area contributed by atoms with Crippen molar-refractivity contribution in [2.45, 2.75) is 39.0 Å². The third-order valence-electron chi connectivity index (χ3n) is 3.57. The first-order chi connectivity index (χ1) is 8.95. The van der Waals surface area contributed by atoms with E-state index < -0.39 is 5.41 Å². The predicted octanol–water partition coefficient (Wildman–Crippen LogP) is 5.61. The summed E-state index contributed by atoms with van der Waals surface area (Å²) in [6.45, 7) is 6.58. The fraction of sp³-hybridized carbons (Fsp3) is 0.625. The lowest BCUT2D eigenvalue weighted by atomic mass is 9.75. The quantitative estimate of drug-likeness (QED) is 0.574. The highest BCUT2D eigenvalue weighted by Gasteiger charge is 2.34. The van der Waals surface area contributed by atoms with Gasteiger partial charge in [-0.3, -0.25) is 0 Å². The predicted molar refractivity (Wildman–Crippen MR) is 82.8 cm³/mol. The van der Waals surface area contributed by atoms with Gasteiger partial charge in [0.25, 0.3) is 0 Å². The van der Waals surface area contributed by atoms with E-state index in [0.717, 1.165) is 12.8 Å². The molecule has 1 atom stereocenters. The van der Waals surface area contributed by atoms with Crippen LogP contribution in [0.1, 0.15) is 39.2 Å². The molecule has 1 rings (SSSR count). The first-order valence-electron chi connectivity index (χ1n) is 6.82. The molecule has 0 nitrogen and oxygen atoms in total. The summed E-state index contributed by atoms with van der Waals surface area (Å²) < 4.78 is 14.1. The SMILES string of the molecule is CC(C)CC(C)CC(CCl)(CCl)c1ccccc1F. The summed E-state index contributed by atoms with van der Waals surface area (Å²) in [5.41, 5.74) is 0.179. The lowest BCUT2D eigenvalue weighted by molar-refractivity contribution is 0.330. The molecule has 0 aromatic heterocycles. The van der Waals surface area contributed by atoms with Gasteiger partial charge in [-0.2, -0.15) is 0 Å². The van der Waals surface area contributed by atoms with E-state index in [9.17, 15) is 4.39 Å². The lowest BCUT2D eigenvalue weighted by Crippen LogP contribution is -2.34. The van der Waals surface area contributed by atoms with Crippen molar-refractivity contribution in [3.05, 3.63) is 35.6 Å². The molecule has 19 heavy (non-hydrogen) atoms. The van der Waals surface area contributed by atoms with Gasteiger partial charge in [0.1, 0.15) is 5.82 Å². The van der Waals surface area contributed by atoms with Crippen LogP contribution in [0.5, 0.6) is 0 Å². The molecule has 0 bridgehead atoms. The molecule has 0 aliphatic rings. The van der Waals surface area contributed by atoms with Crippen molar-refractivity contribution in [3.63, 3.8) is 0 Å². The molecule has 0 heterocycles. The van der Waals surface area contributed by atoms with E-state index in [-0.39, 0.29) is 5.82 Å². The minimum absolute atomic E-state index is 0.208. The zero-order chi connectivity index (χ0) is 14.5. The maximum absolute atomic E-state index is 14.1. The summed E-state index contributed by atoms with van der Waals surface area (Å²) in [6.07, 6.45) is 1.92. The van der Waals surface area contributed by atoms with Gasteiger partial charge in [0.2, 0.25) is 0 Å². The van der Waals surface area contributed by atoms with Crippen molar-refractivity contribution in [2.24, 2.45) is 11.8 Å². The van der Waals surface area contributed by atoms with Crippen LogP contribution in [0.2, 0.25) is 0 Å². The van der Waals surface area contributed by atoms with Gasteiger partial charge in [-0.05, 0) is 36.3 Å². The molecule has 0 aliphatic carbocycles. The second-order valence-electron chi connectivity index (χ2n) is 5.97. The maximum Gasteiger partial charge on any atom is 0.127 e. The third kappa shape index (κ3) is 4.36. The van der Waals surface area contributed by atoms with Crippen LogP contribution in [0, 0.1) is 17.7 Å². The molecule has 1 aromatic rings. The highest BCUT2D eigenvalue weighted by Crippen LogP contribution is 2.37. The monoisotopic (exact) mass is 304 g/mol. The number of halogens is 3. The summed E-state index contributed by atoms with van der Waals surface area (Å²) in [4.78, 5) is 0. The standard InChI is InChI=1S/C16H23Cl2F/c1-12(2)8-13(3)9-16(10-17,11-18)14-6-4-5-7-15(14)19/h4-7,12-13H,8-11H2,1-3H3. The normalized spacial score (nSPS) is 13.8. The van der Waals surface area contributed by atoms with Crippen LogP contribution in [0.15, 0.2) is 24.3 Å². The van der Waals surface area contributed by atoms with Crippen molar-refractivity contribution in [2.75, 3.05) is 11.8 Å². The van der Waals surface area contributed by atoms with Gasteiger partial charge >= 0.3 is 0 Å². The van der Waals surface area contributed by atoms with Crippen LogP contribution < -0.4 is 0 Å². The van der Waals surface area contributed by atoms with E-state index in [0.29, 0.717) is 29.2 Å². The Bertz CT molecular complexity index is 386. The Kier molecular flexibility index (Phi) is 6.62. The molecule has 1 unspecified atom stereocenters. The Morgan fingerprint density at radius 1 is 1.11 bits per heavy atom. The van der Waals surface area contributed by atoms with E-state index >= 15 is 0 Å². The Hall–Kier alpha value is -0.270. The Balaban J connectivity index is 3.00. The number of benzene rings is 1. The van der Waals surface area contributed by atoms with E-state index in [2.05, 4.69) is 20.8 Å². The number of hydrogen-bond acceptors (Lipinski definition) is 0. The van der Waals surface area contributed by atoms with E-state index in [4.69, 9.17) is 23.2 Å². The van der Waals surface area contributed by atoms with Crippen molar-refractivity contribution in [1.82, 2.24) is 0 Å². The second-order valence-corrected chi connectivity index (χ2v) is 6.50. The molecule has 3 heteroatoms.